The third kappa shape index (κ3) is 3.54. The highest BCUT2D eigenvalue weighted by Crippen LogP contribution is 2.38. The van der Waals surface area contributed by atoms with Crippen LogP contribution in [0.15, 0.2) is 58.5 Å². The van der Waals surface area contributed by atoms with E-state index in [1.54, 1.807) is 12.1 Å². The zero-order valence-electron chi connectivity index (χ0n) is 15.6. The molecule has 1 saturated carbocycles. The molecule has 0 amide bonds. The molecular formula is C21H21N3O3S. The van der Waals surface area contributed by atoms with Crippen LogP contribution in [0.25, 0.3) is 10.9 Å². The van der Waals surface area contributed by atoms with Crippen LogP contribution in [0.4, 0.5) is 5.69 Å². The van der Waals surface area contributed by atoms with Crippen molar-refractivity contribution in [3.63, 3.8) is 0 Å². The Labute approximate surface area is 166 Å². The third-order valence-corrected chi connectivity index (χ3v) is 6.42. The Morgan fingerprint density at radius 1 is 1.18 bits per heavy atom. The summed E-state index contributed by atoms with van der Waals surface area (Å²) in [5.74, 6) is 0. The molecular weight excluding hydrogens is 374 g/mol. The maximum atomic E-state index is 13.2. The first-order valence-electron chi connectivity index (χ1n) is 9.47. The molecule has 0 bridgehead atoms. The fraction of sp³-hybridized carbons (Fsp3) is 0.333. The van der Waals surface area contributed by atoms with Crippen molar-refractivity contribution in [2.75, 3.05) is 0 Å². The second-order valence-corrected chi connectivity index (χ2v) is 8.45. The molecule has 0 spiro atoms. The van der Waals surface area contributed by atoms with Gasteiger partial charge in [-0.3, -0.25) is 19.5 Å². The second kappa shape index (κ2) is 7.75. The number of nitrogens with zero attached hydrogens (tertiary/aromatic N) is 3. The van der Waals surface area contributed by atoms with Crippen molar-refractivity contribution in [2.24, 2.45) is 0 Å². The van der Waals surface area contributed by atoms with E-state index in [9.17, 15) is 14.9 Å². The van der Waals surface area contributed by atoms with Gasteiger partial charge in [0.2, 0.25) is 0 Å². The fourth-order valence-corrected chi connectivity index (χ4v) is 4.91. The maximum absolute atomic E-state index is 13.2. The lowest BCUT2D eigenvalue weighted by molar-refractivity contribution is -0.384. The number of nitro benzene ring substituents is 1. The van der Waals surface area contributed by atoms with Crippen molar-refractivity contribution in [2.45, 2.75) is 49.1 Å². The Bertz CT molecular complexity index is 1090. The fourth-order valence-electron chi connectivity index (χ4n) is 3.81. The highest BCUT2D eigenvalue weighted by molar-refractivity contribution is 7.99. The van der Waals surface area contributed by atoms with Gasteiger partial charge in [0.1, 0.15) is 0 Å². The van der Waals surface area contributed by atoms with Crippen molar-refractivity contribution >= 4 is 28.4 Å². The lowest BCUT2D eigenvalue weighted by atomic mass is 10.1. The molecule has 0 radical (unpaired) electrons. The molecule has 0 N–H and O–H groups in total. The quantitative estimate of drug-likeness (QED) is 0.254. The molecule has 144 valence electrons. The number of non-ortho nitro benzene ring substituents is 1. The van der Waals surface area contributed by atoms with Crippen LogP contribution in [0.2, 0.25) is 0 Å². The molecule has 6 nitrogen and oxygen atoms in total. The van der Waals surface area contributed by atoms with Crippen LogP contribution in [-0.4, -0.2) is 14.5 Å². The van der Waals surface area contributed by atoms with Crippen molar-refractivity contribution < 1.29 is 4.92 Å². The van der Waals surface area contributed by atoms with Gasteiger partial charge in [-0.15, -0.1) is 0 Å². The molecule has 2 aromatic carbocycles. The molecule has 1 aliphatic rings. The average Bonchev–Trinajstić information content (AvgIpc) is 3.22. The van der Waals surface area contributed by atoms with Gasteiger partial charge in [-0.2, -0.15) is 0 Å². The molecule has 1 aliphatic carbocycles. The highest BCUT2D eigenvalue weighted by atomic mass is 32.2. The Hall–Kier alpha value is -2.67. The number of hydrogen-bond acceptors (Lipinski definition) is 5. The largest absolute Gasteiger partial charge is 0.284 e. The summed E-state index contributed by atoms with van der Waals surface area (Å²) in [5.41, 5.74) is 1.62. The van der Waals surface area contributed by atoms with Crippen LogP contribution < -0.4 is 5.56 Å². The zero-order valence-corrected chi connectivity index (χ0v) is 16.4. The number of benzene rings is 2. The van der Waals surface area contributed by atoms with E-state index in [0.717, 1.165) is 31.2 Å². The van der Waals surface area contributed by atoms with Crippen LogP contribution in [0.5, 0.6) is 0 Å². The normalized spacial score (nSPS) is 15.8. The monoisotopic (exact) mass is 395 g/mol. The van der Waals surface area contributed by atoms with E-state index in [2.05, 4.69) is 0 Å². The topological polar surface area (TPSA) is 78.0 Å². The first-order chi connectivity index (χ1) is 13.5. The van der Waals surface area contributed by atoms with Gasteiger partial charge in [0.25, 0.3) is 11.2 Å². The first kappa shape index (κ1) is 18.7. The van der Waals surface area contributed by atoms with Gasteiger partial charge in [-0.25, -0.2) is 4.98 Å². The lowest BCUT2D eigenvalue weighted by Crippen LogP contribution is -2.26. The van der Waals surface area contributed by atoms with Gasteiger partial charge in [0, 0.05) is 23.4 Å². The van der Waals surface area contributed by atoms with Crippen LogP contribution in [0, 0.1) is 10.1 Å². The van der Waals surface area contributed by atoms with Crippen LogP contribution in [-0.2, 0) is 0 Å². The third-order valence-electron chi connectivity index (χ3n) is 5.30. The molecule has 1 atom stereocenters. The number of para-hydroxylation sites is 1. The second-order valence-electron chi connectivity index (χ2n) is 7.14. The average molecular weight is 395 g/mol. The lowest BCUT2D eigenvalue weighted by Gasteiger charge is -2.20. The van der Waals surface area contributed by atoms with E-state index in [4.69, 9.17) is 4.98 Å². The van der Waals surface area contributed by atoms with Gasteiger partial charge in [-0.1, -0.05) is 48.9 Å². The van der Waals surface area contributed by atoms with E-state index in [1.807, 2.05) is 41.8 Å². The van der Waals surface area contributed by atoms with E-state index in [-0.39, 0.29) is 27.5 Å². The summed E-state index contributed by atoms with van der Waals surface area (Å²) in [7, 11) is 0. The number of aromatic nitrogens is 2. The summed E-state index contributed by atoms with van der Waals surface area (Å²) >= 11 is 1.49. The van der Waals surface area contributed by atoms with Gasteiger partial charge < -0.3 is 0 Å². The molecule has 4 rings (SSSR count). The molecule has 0 aliphatic heterocycles. The van der Waals surface area contributed by atoms with Gasteiger partial charge in [0.15, 0.2) is 5.16 Å². The van der Waals surface area contributed by atoms with Crippen molar-refractivity contribution in [3.8, 4) is 0 Å². The zero-order chi connectivity index (χ0) is 19.7. The predicted octanol–water partition coefficient (Wildman–Crippen LogP) is 5.27. The molecule has 0 saturated heterocycles. The SMILES string of the molecule is CC(Sc1nc2ccccc2c(=O)n1C1CCCC1)c1cccc([N+](=O)[O-])c1. The molecule has 1 heterocycles. The van der Waals surface area contributed by atoms with Crippen LogP contribution >= 0.6 is 11.8 Å². The molecule has 28 heavy (non-hydrogen) atoms. The van der Waals surface area contributed by atoms with Gasteiger partial charge in [0.05, 0.1) is 15.8 Å². The minimum Gasteiger partial charge on any atom is -0.284 e. The molecule has 1 aromatic heterocycles. The number of hydrogen-bond donors (Lipinski definition) is 0. The van der Waals surface area contributed by atoms with Crippen LogP contribution in [0.1, 0.15) is 49.5 Å². The van der Waals surface area contributed by atoms with E-state index < -0.39 is 0 Å². The standard InChI is InChI=1S/C21H21N3O3S/c1-14(15-7-6-10-17(13-15)24(26)27)28-21-22-19-12-5-4-11-18(19)20(25)23(21)16-8-2-3-9-16/h4-7,10-14,16H,2-3,8-9H2,1H3. The summed E-state index contributed by atoms with van der Waals surface area (Å²) in [5, 5.41) is 12.4. The van der Waals surface area contributed by atoms with Crippen molar-refractivity contribution in [3.05, 3.63) is 74.6 Å². The summed E-state index contributed by atoms with van der Waals surface area (Å²) in [6.07, 6.45) is 4.21. The van der Waals surface area contributed by atoms with E-state index >= 15 is 0 Å². The van der Waals surface area contributed by atoms with Gasteiger partial charge >= 0.3 is 0 Å². The molecule has 1 fully saturated rings. The minimum absolute atomic E-state index is 0.00578. The first-order valence-corrected chi connectivity index (χ1v) is 10.3. The number of rotatable bonds is 5. The Kier molecular flexibility index (Phi) is 5.17. The Balaban J connectivity index is 1.77. The summed E-state index contributed by atoms with van der Waals surface area (Å²) < 4.78 is 1.86. The summed E-state index contributed by atoms with van der Waals surface area (Å²) in [4.78, 5) is 28.7. The van der Waals surface area contributed by atoms with E-state index in [0.29, 0.717) is 16.1 Å². The predicted molar refractivity (Wildman–Crippen MR) is 111 cm³/mol. The van der Waals surface area contributed by atoms with Crippen molar-refractivity contribution in [1.82, 2.24) is 9.55 Å². The van der Waals surface area contributed by atoms with Gasteiger partial charge in [-0.05, 0) is 37.5 Å². The number of nitro groups is 1. The molecule has 3 aromatic rings. The maximum Gasteiger partial charge on any atom is 0.269 e. The highest BCUT2D eigenvalue weighted by Gasteiger charge is 2.24. The summed E-state index contributed by atoms with van der Waals surface area (Å²) in [6.45, 7) is 1.99. The smallest absolute Gasteiger partial charge is 0.269 e. The summed E-state index contributed by atoms with van der Waals surface area (Å²) in [6, 6.07) is 14.3. The van der Waals surface area contributed by atoms with Crippen molar-refractivity contribution in [1.29, 1.82) is 0 Å². The minimum atomic E-state index is -0.385. The number of thioether (sulfide) groups is 1. The van der Waals surface area contributed by atoms with E-state index in [1.165, 1.54) is 17.8 Å². The molecule has 7 heteroatoms. The molecule has 1 unspecified atom stereocenters. The Morgan fingerprint density at radius 2 is 1.93 bits per heavy atom. The van der Waals surface area contributed by atoms with Crippen LogP contribution in [0.3, 0.4) is 0 Å². The number of fused-ring (bicyclic) bond motifs is 1. The Morgan fingerprint density at radius 3 is 2.68 bits per heavy atom.